The van der Waals surface area contributed by atoms with Gasteiger partial charge in [-0.25, -0.2) is 4.79 Å². The summed E-state index contributed by atoms with van der Waals surface area (Å²) >= 11 is 5.91. The summed E-state index contributed by atoms with van der Waals surface area (Å²) in [6, 6.07) is 9.20. The first-order valence-corrected chi connectivity index (χ1v) is 7.80. The smallest absolute Gasteiger partial charge is 0.329 e. The predicted molar refractivity (Wildman–Crippen MR) is 91.0 cm³/mol. The lowest BCUT2D eigenvalue weighted by Gasteiger charge is -2.10. The first kappa shape index (κ1) is 18.0. The molecule has 0 aliphatic carbocycles. The molecule has 0 spiro atoms. The number of hydrogen-bond donors (Lipinski definition) is 2. The van der Waals surface area contributed by atoms with E-state index in [-0.39, 0.29) is 25.7 Å². The van der Waals surface area contributed by atoms with Gasteiger partial charge < -0.3 is 19.7 Å². The van der Waals surface area contributed by atoms with E-state index in [0.29, 0.717) is 10.6 Å². The molecule has 24 heavy (non-hydrogen) atoms. The number of halogens is 1. The molecule has 1 amide bonds. The average molecular weight is 351 g/mol. The molecule has 1 heterocycles. The van der Waals surface area contributed by atoms with Gasteiger partial charge in [-0.1, -0.05) is 11.6 Å². The molecule has 1 aromatic carbocycles. The van der Waals surface area contributed by atoms with Gasteiger partial charge in [-0.2, -0.15) is 0 Å². The van der Waals surface area contributed by atoms with E-state index >= 15 is 0 Å². The van der Waals surface area contributed by atoms with Crippen LogP contribution in [0.15, 0.2) is 30.3 Å². The number of carboxylic acids is 1. The standard InChI is InChI=1S/C17H19ClN2O4/c1-11-9-15(17(23)19-7-8-24-10-16(21)22)12(2)20(11)14-5-3-13(18)4-6-14/h3-6,9H,7-8,10H2,1-2H3,(H,19,23)(H,21,22). The maximum atomic E-state index is 12.3. The van der Waals surface area contributed by atoms with Crippen LogP contribution >= 0.6 is 11.6 Å². The number of hydrogen-bond acceptors (Lipinski definition) is 3. The minimum absolute atomic E-state index is 0.147. The van der Waals surface area contributed by atoms with Gasteiger partial charge in [0.2, 0.25) is 0 Å². The molecule has 1 aromatic heterocycles. The second kappa shape index (κ2) is 7.99. The molecular weight excluding hydrogens is 332 g/mol. The third-order valence-electron chi connectivity index (χ3n) is 3.52. The summed E-state index contributed by atoms with van der Waals surface area (Å²) in [5, 5.41) is 11.8. The van der Waals surface area contributed by atoms with Crippen LogP contribution in [0.2, 0.25) is 5.02 Å². The molecule has 2 N–H and O–H groups in total. The van der Waals surface area contributed by atoms with Crippen LogP contribution in [0.1, 0.15) is 21.7 Å². The molecule has 7 heteroatoms. The minimum Gasteiger partial charge on any atom is -0.480 e. The van der Waals surface area contributed by atoms with Crippen molar-refractivity contribution in [2.75, 3.05) is 19.8 Å². The summed E-state index contributed by atoms with van der Waals surface area (Å²) < 4.78 is 6.87. The molecule has 0 aliphatic heterocycles. The Balaban J connectivity index is 2.06. The van der Waals surface area contributed by atoms with Crippen LogP contribution in [0.5, 0.6) is 0 Å². The minimum atomic E-state index is -1.03. The van der Waals surface area contributed by atoms with Gasteiger partial charge in [-0.15, -0.1) is 0 Å². The van der Waals surface area contributed by atoms with E-state index in [4.69, 9.17) is 21.4 Å². The number of aromatic nitrogens is 1. The first-order valence-electron chi connectivity index (χ1n) is 7.42. The van der Waals surface area contributed by atoms with Crippen LogP contribution in [-0.4, -0.2) is 41.3 Å². The van der Waals surface area contributed by atoms with Crippen LogP contribution in [-0.2, 0) is 9.53 Å². The molecule has 0 radical (unpaired) electrons. The van der Waals surface area contributed by atoms with Crippen molar-refractivity contribution >= 4 is 23.5 Å². The van der Waals surface area contributed by atoms with Crippen LogP contribution < -0.4 is 5.32 Å². The summed E-state index contributed by atoms with van der Waals surface area (Å²) in [7, 11) is 0. The van der Waals surface area contributed by atoms with Crippen LogP contribution in [0.3, 0.4) is 0 Å². The number of carboxylic acid groups (broad SMARTS) is 1. The van der Waals surface area contributed by atoms with Crippen molar-refractivity contribution in [2.45, 2.75) is 13.8 Å². The van der Waals surface area contributed by atoms with E-state index < -0.39 is 5.97 Å². The number of benzene rings is 1. The SMILES string of the molecule is Cc1cc(C(=O)NCCOCC(=O)O)c(C)n1-c1ccc(Cl)cc1. The maximum Gasteiger partial charge on any atom is 0.329 e. The van der Waals surface area contributed by atoms with Crippen LogP contribution in [0, 0.1) is 13.8 Å². The lowest BCUT2D eigenvalue weighted by Crippen LogP contribution is -2.28. The van der Waals surface area contributed by atoms with Crippen LogP contribution in [0.25, 0.3) is 5.69 Å². The molecule has 6 nitrogen and oxygen atoms in total. The van der Waals surface area contributed by atoms with Gasteiger partial charge in [-0.3, -0.25) is 4.79 Å². The first-order chi connectivity index (χ1) is 11.4. The van der Waals surface area contributed by atoms with E-state index in [9.17, 15) is 9.59 Å². The fourth-order valence-corrected chi connectivity index (χ4v) is 2.60. The summed E-state index contributed by atoms with van der Waals surface area (Å²) in [6.45, 7) is 3.82. The molecule has 0 aliphatic rings. The van der Waals surface area contributed by atoms with E-state index in [1.807, 2.05) is 36.6 Å². The van der Waals surface area contributed by atoms with Crippen molar-refractivity contribution in [3.8, 4) is 5.69 Å². The highest BCUT2D eigenvalue weighted by molar-refractivity contribution is 6.30. The third-order valence-corrected chi connectivity index (χ3v) is 3.77. The number of ether oxygens (including phenoxy) is 1. The molecule has 128 valence electrons. The molecule has 0 saturated heterocycles. The number of nitrogens with zero attached hydrogens (tertiary/aromatic N) is 1. The van der Waals surface area contributed by atoms with Crippen molar-refractivity contribution in [3.05, 3.63) is 52.3 Å². The predicted octanol–water partition coefficient (Wildman–Crippen LogP) is 2.58. The highest BCUT2D eigenvalue weighted by atomic mass is 35.5. The van der Waals surface area contributed by atoms with Gasteiger partial charge in [-0.05, 0) is 44.2 Å². The Labute approximate surface area is 145 Å². The molecule has 0 unspecified atom stereocenters. The van der Waals surface area contributed by atoms with E-state index in [2.05, 4.69) is 5.32 Å². The van der Waals surface area contributed by atoms with E-state index in [0.717, 1.165) is 17.1 Å². The topological polar surface area (TPSA) is 80.6 Å². The average Bonchev–Trinajstić information content (AvgIpc) is 2.82. The van der Waals surface area contributed by atoms with Gasteiger partial charge in [0.15, 0.2) is 0 Å². The molecule has 2 rings (SSSR count). The number of aryl methyl sites for hydroxylation is 1. The van der Waals surface area contributed by atoms with Crippen molar-refractivity contribution in [1.82, 2.24) is 9.88 Å². The molecular formula is C17H19ClN2O4. The summed E-state index contributed by atoms with van der Waals surface area (Å²) in [5.41, 5.74) is 3.25. The Morgan fingerprint density at radius 3 is 2.54 bits per heavy atom. The Morgan fingerprint density at radius 1 is 1.25 bits per heavy atom. The highest BCUT2D eigenvalue weighted by Gasteiger charge is 2.16. The Bertz CT molecular complexity index is 738. The Morgan fingerprint density at radius 2 is 1.92 bits per heavy atom. The van der Waals surface area contributed by atoms with Gasteiger partial charge in [0, 0.05) is 28.6 Å². The zero-order valence-electron chi connectivity index (χ0n) is 13.5. The number of amides is 1. The van der Waals surface area contributed by atoms with Crippen molar-refractivity contribution < 1.29 is 19.4 Å². The number of carbonyl (C=O) groups is 2. The zero-order valence-corrected chi connectivity index (χ0v) is 14.3. The molecule has 0 fully saturated rings. The largest absolute Gasteiger partial charge is 0.480 e. The zero-order chi connectivity index (χ0) is 17.7. The third kappa shape index (κ3) is 4.37. The fourth-order valence-electron chi connectivity index (χ4n) is 2.47. The van der Waals surface area contributed by atoms with Crippen molar-refractivity contribution in [2.24, 2.45) is 0 Å². The van der Waals surface area contributed by atoms with Gasteiger partial charge in [0.1, 0.15) is 6.61 Å². The van der Waals surface area contributed by atoms with Crippen molar-refractivity contribution in [3.63, 3.8) is 0 Å². The van der Waals surface area contributed by atoms with Gasteiger partial charge in [0.25, 0.3) is 5.91 Å². The maximum absolute atomic E-state index is 12.3. The number of aliphatic carboxylic acids is 1. The fraction of sp³-hybridized carbons (Fsp3) is 0.294. The second-order valence-electron chi connectivity index (χ2n) is 5.30. The number of carbonyl (C=O) groups excluding carboxylic acids is 1. The van der Waals surface area contributed by atoms with E-state index in [1.165, 1.54) is 0 Å². The monoisotopic (exact) mass is 350 g/mol. The summed E-state index contributed by atoms with van der Waals surface area (Å²) in [6.07, 6.45) is 0. The molecule has 0 atom stereocenters. The number of nitrogens with one attached hydrogen (secondary N) is 1. The Hall–Kier alpha value is -2.31. The van der Waals surface area contributed by atoms with Crippen LogP contribution in [0.4, 0.5) is 0 Å². The molecule has 0 bridgehead atoms. The second-order valence-corrected chi connectivity index (χ2v) is 5.74. The quantitative estimate of drug-likeness (QED) is 0.752. The molecule has 0 saturated carbocycles. The lowest BCUT2D eigenvalue weighted by atomic mass is 10.2. The summed E-state index contributed by atoms with van der Waals surface area (Å²) in [5.74, 6) is -1.25. The highest BCUT2D eigenvalue weighted by Crippen LogP contribution is 2.22. The lowest BCUT2D eigenvalue weighted by molar-refractivity contribution is -0.142. The normalized spacial score (nSPS) is 10.6. The number of rotatable bonds is 7. The van der Waals surface area contributed by atoms with Gasteiger partial charge >= 0.3 is 5.97 Å². The summed E-state index contributed by atoms with van der Waals surface area (Å²) in [4.78, 5) is 22.6. The molecule has 2 aromatic rings. The van der Waals surface area contributed by atoms with Gasteiger partial charge in [0.05, 0.1) is 12.2 Å². The van der Waals surface area contributed by atoms with E-state index in [1.54, 1.807) is 12.1 Å². The van der Waals surface area contributed by atoms with Crippen molar-refractivity contribution in [1.29, 1.82) is 0 Å². The Kier molecular flexibility index (Phi) is 6.00.